The fourth-order valence-corrected chi connectivity index (χ4v) is 3.67. The van der Waals surface area contributed by atoms with Crippen molar-refractivity contribution >= 4 is 29.0 Å². The number of aromatic nitrogens is 4. The molecule has 1 fully saturated rings. The number of aliphatic hydroxyl groups is 1. The van der Waals surface area contributed by atoms with Crippen LogP contribution in [0, 0.1) is 5.92 Å². The van der Waals surface area contributed by atoms with Gasteiger partial charge >= 0.3 is 5.97 Å². The first-order valence-corrected chi connectivity index (χ1v) is 11.5. The van der Waals surface area contributed by atoms with Gasteiger partial charge in [0.25, 0.3) is 0 Å². The van der Waals surface area contributed by atoms with Crippen molar-refractivity contribution in [1.82, 2.24) is 19.5 Å². The largest absolute Gasteiger partial charge is 0.472 e. The molecule has 0 radical (unpaired) electrons. The maximum Gasteiger partial charge on any atom is 0.338 e. The molecule has 3 heterocycles. The highest BCUT2D eigenvalue weighted by molar-refractivity contribution is 5.91. The molecule has 196 valence electrons. The van der Waals surface area contributed by atoms with Crippen LogP contribution in [0.5, 0.6) is 5.88 Å². The second kappa shape index (κ2) is 11.5. The smallest absolute Gasteiger partial charge is 0.338 e. The lowest BCUT2D eigenvalue weighted by Crippen LogP contribution is -2.53. The van der Waals surface area contributed by atoms with E-state index >= 15 is 0 Å². The van der Waals surface area contributed by atoms with Crippen molar-refractivity contribution in [2.24, 2.45) is 5.92 Å². The SMILES string of the molecule is [2H]C([3H])OC1COC(n2cnc3c(OCC=C)nc(NC(=O)C(C)C)nc32)C(O)C1OC(=O)c1ccccc1. The highest BCUT2D eigenvalue weighted by Gasteiger charge is 2.44. The predicted octanol–water partition coefficient (Wildman–Crippen LogP) is 2.12. The fourth-order valence-electron chi connectivity index (χ4n) is 3.67. The average molecular weight is 515 g/mol. The topological polar surface area (TPSA) is 147 Å². The third kappa shape index (κ3) is 5.61. The Kier molecular flexibility index (Phi) is 7.28. The Balaban J connectivity index is 1.70. The highest BCUT2D eigenvalue weighted by atomic mass is 16.6. The number of ether oxygens (including phenoxy) is 4. The van der Waals surface area contributed by atoms with Gasteiger partial charge in [-0.25, -0.2) is 9.78 Å². The Morgan fingerprint density at radius 3 is 2.89 bits per heavy atom. The van der Waals surface area contributed by atoms with Crippen LogP contribution in [0.4, 0.5) is 5.95 Å². The number of methoxy groups -OCH3 is 1. The van der Waals surface area contributed by atoms with Gasteiger partial charge in [0.1, 0.15) is 18.8 Å². The summed E-state index contributed by atoms with van der Waals surface area (Å²) in [5, 5.41) is 13.9. The lowest BCUT2D eigenvalue weighted by molar-refractivity contribution is -0.216. The number of benzene rings is 1. The summed E-state index contributed by atoms with van der Waals surface area (Å²) in [6, 6.07) is 8.17. The van der Waals surface area contributed by atoms with Crippen LogP contribution in [0.15, 0.2) is 49.3 Å². The van der Waals surface area contributed by atoms with Crippen LogP contribution in [0.2, 0.25) is 0 Å². The third-order valence-corrected chi connectivity index (χ3v) is 5.61. The summed E-state index contributed by atoms with van der Waals surface area (Å²) in [7, 11) is -1.71. The van der Waals surface area contributed by atoms with Gasteiger partial charge in [0.15, 0.2) is 23.5 Å². The molecule has 1 aliphatic heterocycles. The Hall–Kier alpha value is -3.87. The molecule has 12 heteroatoms. The summed E-state index contributed by atoms with van der Waals surface area (Å²) in [5.41, 5.74) is 0.637. The van der Waals surface area contributed by atoms with E-state index in [0.717, 1.165) is 0 Å². The number of esters is 1. The zero-order valence-corrected chi connectivity index (χ0v) is 20.3. The van der Waals surface area contributed by atoms with Crippen molar-refractivity contribution in [3.8, 4) is 5.88 Å². The molecule has 0 aliphatic carbocycles. The first-order chi connectivity index (χ1) is 18.7. The Morgan fingerprint density at radius 1 is 1.41 bits per heavy atom. The van der Waals surface area contributed by atoms with Crippen LogP contribution < -0.4 is 10.1 Å². The minimum atomic E-state index is -1.71. The Labute approximate surface area is 216 Å². The van der Waals surface area contributed by atoms with Crippen LogP contribution >= 0.6 is 0 Å². The fraction of sp³-hybridized carbons (Fsp3) is 0.400. The second-order valence-corrected chi connectivity index (χ2v) is 8.55. The van der Waals surface area contributed by atoms with Gasteiger partial charge in [0.2, 0.25) is 17.7 Å². The first kappa shape index (κ1) is 23.5. The van der Waals surface area contributed by atoms with Crippen LogP contribution in [0.1, 0.15) is 33.2 Å². The molecule has 37 heavy (non-hydrogen) atoms. The van der Waals surface area contributed by atoms with E-state index in [1.54, 1.807) is 44.2 Å². The third-order valence-electron chi connectivity index (χ3n) is 5.61. The number of fused-ring (bicyclic) bond motifs is 1. The lowest BCUT2D eigenvalue weighted by atomic mass is 10.0. The molecule has 3 aromatic rings. The van der Waals surface area contributed by atoms with Gasteiger partial charge in [-0.05, 0) is 12.1 Å². The maximum absolute atomic E-state index is 12.8. The van der Waals surface area contributed by atoms with Gasteiger partial charge in [-0.2, -0.15) is 9.97 Å². The van der Waals surface area contributed by atoms with Crippen LogP contribution in [0.3, 0.4) is 0 Å². The molecule has 1 saturated heterocycles. The Bertz CT molecular complexity index is 1320. The molecule has 4 rings (SSSR count). The Morgan fingerprint density at radius 2 is 2.19 bits per heavy atom. The van der Waals surface area contributed by atoms with Crippen molar-refractivity contribution in [3.63, 3.8) is 0 Å². The average Bonchev–Trinajstić information content (AvgIpc) is 3.33. The van der Waals surface area contributed by atoms with Crippen molar-refractivity contribution < 1.29 is 36.4 Å². The zero-order chi connectivity index (χ0) is 28.1. The molecule has 0 bridgehead atoms. The standard InChI is InChI=1S/C25H29N5O7/c1-5-11-35-22-17-20(27-25(29-22)28-21(32)14(2)3)30(13-26-17)23-18(31)19(16(34-4)12-36-23)37-24(33)15-9-7-6-8-10-15/h5-10,13-14,16,18-19,23,31H,1,11-12H2,2-4H3,(H,27,28,29,32)/i4TD. The molecule has 12 nitrogen and oxygen atoms in total. The summed E-state index contributed by atoms with van der Waals surface area (Å²) in [4.78, 5) is 38.1. The van der Waals surface area contributed by atoms with Crippen LogP contribution in [-0.4, -0.2) is 75.1 Å². The molecule has 2 aromatic heterocycles. The first-order valence-electron chi connectivity index (χ1n) is 12.7. The minimum absolute atomic E-state index is 0.0492. The molecule has 1 amide bonds. The van der Waals surface area contributed by atoms with E-state index in [9.17, 15) is 14.7 Å². The number of hydrogen-bond acceptors (Lipinski definition) is 10. The van der Waals surface area contributed by atoms with Gasteiger partial charge in [-0.15, -0.1) is 0 Å². The number of imidazole rings is 1. The number of carbonyl (C=O) groups is 2. The van der Waals surface area contributed by atoms with Crippen molar-refractivity contribution in [3.05, 3.63) is 54.9 Å². The van der Waals surface area contributed by atoms with E-state index in [4.69, 9.17) is 21.7 Å². The number of nitrogens with zero attached hydrogens (tertiary/aromatic N) is 4. The van der Waals surface area contributed by atoms with E-state index in [0.29, 0.717) is 0 Å². The van der Waals surface area contributed by atoms with E-state index in [1.807, 2.05) is 0 Å². The summed E-state index contributed by atoms with van der Waals surface area (Å²) in [5.74, 6) is -1.37. The minimum Gasteiger partial charge on any atom is -0.472 e. The highest BCUT2D eigenvalue weighted by Crippen LogP contribution is 2.32. The molecule has 5 atom stereocenters. The lowest BCUT2D eigenvalue weighted by Gasteiger charge is -2.39. The summed E-state index contributed by atoms with van der Waals surface area (Å²) in [6.07, 6.45) is -2.23. The molecule has 1 aliphatic rings. The van der Waals surface area contributed by atoms with Crippen molar-refractivity contribution in [2.75, 3.05) is 25.6 Å². The molecule has 0 spiro atoms. The van der Waals surface area contributed by atoms with Gasteiger partial charge in [0.05, 0.1) is 21.2 Å². The maximum atomic E-state index is 12.8. The number of aliphatic hydroxyl groups excluding tert-OH is 1. The van der Waals surface area contributed by atoms with Crippen LogP contribution in [-0.2, 0) is 19.0 Å². The molecule has 2 N–H and O–H groups in total. The number of hydrogen-bond donors (Lipinski definition) is 2. The molecule has 0 saturated carbocycles. The number of nitrogens with one attached hydrogen (secondary N) is 1. The van der Waals surface area contributed by atoms with Gasteiger partial charge in [0, 0.05) is 13.0 Å². The number of amides is 1. The van der Waals surface area contributed by atoms with Crippen molar-refractivity contribution in [2.45, 2.75) is 38.4 Å². The number of rotatable bonds is 9. The van der Waals surface area contributed by atoms with Crippen molar-refractivity contribution in [1.29, 1.82) is 0 Å². The normalized spacial score (nSPS) is 23.1. The van der Waals surface area contributed by atoms with Gasteiger partial charge in [-0.3, -0.25) is 14.7 Å². The zero-order valence-electron chi connectivity index (χ0n) is 22.3. The van der Waals surface area contributed by atoms with E-state index < -0.39 is 37.6 Å². The van der Waals surface area contributed by atoms with E-state index in [1.165, 1.54) is 17.0 Å². The van der Waals surface area contributed by atoms with E-state index in [2.05, 4.69) is 26.8 Å². The summed E-state index contributed by atoms with van der Waals surface area (Å²) >= 11 is 0. The monoisotopic (exact) mass is 514 g/mol. The number of carbonyl (C=O) groups excluding carboxylic acids is 2. The van der Waals surface area contributed by atoms with Gasteiger partial charge in [-0.1, -0.05) is 44.7 Å². The summed E-state index contributed by atoms with van der Waals surface area (Å²) in [6.45, 7) is 6.94. The van der Waals surface area contributed by atoms with Crippen LogP contribution in [0.25, 0.3) is 11.2 Å². The molecular formula is C25H29N5O7. The number of anilines is 1. The van der Waals surface area contributed by atoms with E-state index in [-0.39, 0.29) is 53.6 Å². The second-order valence-electron chi connectivity index (χ2n) is 8.55. The predicted molar refractivity (Wildman–Crippen MR) is 132 cm³/mol. The molecule has 1 aromatic carbocycles. The molecular weight excluding hydrogens is 482 g/mol. The quantitative estimate of drug-likeness (QED) is 0.321. The van der Waals surface area contributed by atoms with Gasteiger partial charge < -0.3 is 24.1 Å². The molecule has 5 unspecified atom stereocenters. The summed E-state index contributed by atoms with van der Waals surface area (Å²) < 4.78 is 38.7.